The molecule has 1 aliphatic carbocycles. The molecule has 2 atom stereocenters. The van der Waals surface area contributed by atoms with Gasteiger partial charge in [0.05, 0.1) is 12.2 Å². The Morgan fingerprint density at radius 2 is 2.06 bits per heavy atom. The summed E-state index contributed by atoms with van der Waals surface area (Å²) >= 11 is 4.74. The van der Waals surface area contributed by atoms with Crippen LogP contribution in [0.1, 0.15) is 55.8 Å². The summed E-state index contributed by atoms with van der Waals surface area (Å²) in [5.74, 6) is -0.629. The predicted octanol–water partition coefficient (Wildman–Crippen LogP) is 3.20. The number of aryl methyl sites for hydroxylation is 1. The van der Waals surface area contributed by atoms with Crippen LogP contribution in [0.5, 0.6) is 0 Å². The van der Waals surface area contributed by atoms with Gasteiger partial charge in [-0.2, -0.15) is 12.6 Å². The van der Waals surface area contributed by atoms with Crippen molar-refractivity contribution in [1.29, 1.82) is 0 Å². The van der Waals surface area contributed by atoms with Gasteiger partial charge in [-0.3, -0.25) is 24.4 Å². The van der Waals surface area contributed by atoms with E-state index in [9.17, 15) is 14.0 Å². The van der Waals surface area contributed by atoms with Crippen molar-refractivity contribution in [2.75, 3.05) is 13.1 Å². The lowest BCUT2D eigenvalue weighted by molar-refractivity contribution is -0.129. The summed E-state index contributed by atoms with van der Waals surface area (Å²) in [6.45, 7) is 1.78. The third kappa shape index (κ3) is 6.11. The molecule has 2 unspecified atom stereocenters. The van der Waals surface area contributed by atoms with Crippen LogP contribution in [0.15, 0.2) is 36.0 Å². The van der Waals surface area contributed by atoms with Crippen molar-refractivity contribution in [1.82, 2.24) is 25.4 Å². The van der Waals surface area contributed by atoms with Gasteiger partial charge in [-0.1, -0.05) is 23.4 Å². The van der Waals surface area contributed by atoms with Gasteiger partial charge in [-0.25, -0.2) is 9.87 Å². The number of aromatic nitrogens is 3. The summed E-state index contributed by atoms with van der Waals surface area (Å²) in [4.78, 5) is 26.3. The number of nitrogens with zero attached hydrogens (tertiary/aromatic N) is 4. The molecule has 1 amide bonds. The topological polar surface area (TPSA) is 100 Å². The summed E-state index contributed by atoms with van der Waals surface area (Å²) in [5.41, 5.74) is 3.78. The highest BCUT2D eigenvalue weighted by Gasteiger charge is 2.40. The van der Waals surface area contributed by atoms with E-state index in [-0.39, 0.29) is 29.2 Å². The van der Waals surface area contributed by atoms with Crippen molar-refractivity contribution in [3.05, 3.63) is 53.1 Å². The van der Waals surface area contributed by atoms with Gasteiger partial charge >= 0.3 is 0 Å². The summed E-state index contributed by atoms with van der Waals surface area (Å²) in [5, 5.41) is 16.9. The van der Waals surface area contributed by atoms with E-state index in [0.717, 1.165) is 31.3 Å². The fraction of sp³-hybridized carbons (Fsp3) is 0.500. The number of unbranched alkanes of at least 4 members (excludes halogenated alkanes) is 1. The van der Waals surface area contributed by atoms with E-state index in [2.05, 4.69) is 15.2 Å². The molecule has 1 saturated heterocycles. The maximum absolute atomic E-state index is 14.7. The summed E-state index contributed by atoms with van der Waals surface area (Å²) < 4.78 is 16.4. The Morgan fingerprint density at radius 3 is 2.79 bits per heavy atom. The minimum Gasteiger partial charge on any atom is -0.297 e. The molecule has 1 aliphatic heterocycles. The number of ketones is 1. The first-order valence-corrected chi connectivity index (χ1v) is 12.2. The Morgan fingerprint density at radius 1 is 1.26 bits per heavy atom. The molecule has 2 aromatic rings. The van der Waals surface area contributed by atoms with E-state index in [1.165, 1.54) is 6.07 Å². The number of carbonyl (C=O) groups is 2. The number of benzene rings is 1. The molecular weight excluding hydrogens is 457 g/mol. The van der Waals surface area contributed by atoms with Gasteiger partial charge in [-0.05, 0) is 49.8 Å². The maximum atomic E-state index is 14.7. The Hall–Kier alpha value is -2.56. The molecule has 1 aromatic heterocycles. The second-order valence-corrected chi connectivity index (χ2v) is 9.62. The Labute approximate surface area is 203 Å². The summed E-state index contributed by atoms with van der Waals surface area (Å²) in [6.07, 6.45) is 7.90. The minimum atomic E-state index is -0.593. The zero-order valence-corrected chi connectivity index (χ0v) is 19.8. The molecule has 0 bridgehead atoms. The minimum absolute atomic E-state index is 0.0223. The van der Waals surface area contributed by atoms with Crippen LogP contribution in [0.3, 0.4) is 0 Å². The first-order chi connectivity index (χ1) is 16.5. The average molecular weight is 488 g/mol. The van der Waals surface area contributed by atoms with Crippen LogP contribution in [-0.4, -0.2) is 55.1 Å². The van der Waals surface area contributed by atoms with Crippen molar-refractivity contribution in [2.24, 2.45) is 5.92 Å². The van der Waals surface area contributed by atoms with E-state index in [1.54, 1.807) is 28.4 Å². The van der Waals surface area contributed by atoms with Crippen molar-refractivity contribution >= 4 is 30.4 Å². The highest BCUT2D eigenvalue weighted by molar-refractivity contribution is 7.81. The standard InChI is InChI=1S/C24H30FN5O3S/c25-20-6-2-1-5-19(20)23(24(32)16-8-9-16)29-12-10-21(34)17(14-29)13-18-15-30(28-26-18)11-4-3-7-22(31)27-33/h1-2,5-6,13,15-16,21,23,33-34H,3-4,7-12,14H2,(H,27,31)/b17-13-. The van der Waals surface area contributed by atoms with Gasteiger partial charge in [0.25, 0.3) is 0 Å². The van der Waals surface area contributed by atoms with Crippen molar-refractivity contribution in [3.8, 4) is 0 Å². The first-order valence-electron chi connectivity index (χ1n) is 11.7. The molecule has 8 nitrogen and oxygen atoms in total. The monoisotopic (exact) mass is 487 g/mol. The van der Waals surface area contributed by atoms with Crippen LogP contribution in [0.2, 0.25) is 0 Å². The zero-order chi connectivity index (χ0) is 24.1. The van der Waals surface area contributed by atoms with E-state index >= 15 is 0 Å². The third-order valence-corrected chi connectivity index (χ3v) is 6.96. The zero-order valence-electron chi connectivity index (χ0n) is 18.9. The number of amides is 1. The lowest BCUT2D eigenvalue weighted by Crippen LogP contribution is -2.42. The maximum Gasteiger partial charge on any atom is 0.243 e. The molecule has 0 radical (unpaired) electrons. The second-order valence-electron chi connectivity index (χ2n) is 8.99. The van der Waals surface area contributed by atoms with Gasteiger partial charge in [-0.15, -0.1) is 5.10 Å². The van der Waals surface area contributed by atoms with Crippen molar-refractivity contribution < 1.29 is 19.2 Å². The fourth-order valence-electron chi connectivity index (χ4n) is 4.37. The molecule has 1 saturated carbocycles. The fourth-order valence-corrected chi connectivity index (χ4v) is 4.64. The van der Waals surface area contributed by atoms with E-state index < -0.39 is 11.9 Å². The van der Waals surface area contributed by atoms with Crippen LogP contribution < -0.4 is 5.48 Å². The van der Waals surface area contributed by atoms with Crippen LogP contribution in [0.4, 0.5) is 4.39 Å². The number of hydroxylamine groups is 1. The molecule has 2 fully saturated rings. The number of halogens is 1. The van der Waals surface area contributed by atoms with E-state index in [0.29, 0.717) is 37.3 Å². The van der Waals surface area contributed by atoms with E-state index in [1.807, 2.05) is 12.3 Å². The Balaban J connectivity index is 1.46. The second kappa shape index (κ2) is 11.2. The number of nitrogens with one attached hydrogen (secondary N) is 1. The van der Waals surface area contributed by atoms with Gasteiger partial charge in [0, 0.05) is 42.8 Å². The molecule has 4 rings (SSSR count). The SMILES string of the molecule is O=C(CCCCn1cc(/C=C2/CN(C(C(=O)C3CC3)c3ccccc3F)CCC2S)nn1)NO. The first kappa shape index (κ1) is 24.6. The lowest BCUT2D eigenvalue weighted by atomic mass is 9.93. The van der Waals surface area contributed by atoms with E-state index in [4.69, 9.17) is 17.8 Å². The van der Waals surface area contributed by atoms with Crippen LogP contribution in [-0.2, 0) is 16.1 Å². The number of Topliss-reactive ketones (excluding diaryl/α,β-unsaturated/α-hetero) is 1. The number of hydrogen-bond donors (Lipinski definition) is 3. The normalized spacial score (nSPS) is 20.9. The molecule has 34 heavy (non-hydrogen) atoms. The third-order valence-electron chi connectivity index (χ3n) is 6.37. The van der Waals surface area contributed by atoms with Gasteiger partial charge in [0.2, 0.25) is 5.91 Å². The molecule has 2 N–H and O–H groups in total. The predicted molar refractivity (Wildman–Crippen MR) is 128 cm³/mol. The molecule has 182 valence electrons. The number of piperidine rings is 1. The number of likely N-dealkylation sites (tertiary alicyclic amines) is 1. The number of thiol groups is 1. The average Bonchev–Trinajstić information content (AvgIpc) is 3.60. The largest absolute Gasteiger partial charge is 0.297 e. The van der Waals surface area contributed by atoms with Gasteiger partial charge in [0.15, 0.2) is 5.78 Å². The van der Waals surface area contributed by atoms with Crippen LogP contribution in [0, 0.1) is 11.7 Å². The Bertz CT molecular complexity index is 1050. The lowest BCUT2D eigenvalue weighted by Gasteiger charge is -2.37. The summed E-state index contributed by atoms with van der Waals surface area (Å²) in [6, 6.07) is 5.96. The molecule has 10 heteroatoms. The number of rotatable bonds is 10. The van der Waals surface area contributed by atoms with Crippen molar-refractivity contribution in [3.63, 3.8) is 0 Å². The van der Waals surface area contributed by atoms with Crippen LogP contribution in [0.25, 0.3) is 6.08 Å². The van der Waals surface area contributed by atoms with Gasteiger partial charge < -0.3 is 0 Å². The van der Waals surface area contributed by atoms with Crippen molar-refractivity contribution in [2.45, 2.75) is 56.4 Å². The number of hydrogen-bond acceptors (Lipinski definition) is 7. The highest BCUT2D eigenvalue weighted by atomic mass is 32.1. The molecular formula is C24H30FN5O3S. The van der Waals surface area contributed by atoms with Crippen LogP contribution >= 0.6 is 12.6 Å². The quantitative estimate of drug-likeness (QED) is 0.206. The summed E-state index contributed by atoms with van der Waals surface area (Å²) in [7, 11) is 0. The molecule has 0 spiro atoms. The Kier molecular flexibility index (Phi) is 8.12. The molecule has 2 aliphatic rings. The smallest absolute Gasteiger partial charge is 0.243 e. The number of carbonyl (C=O) groups excluding carboxylic acids is 2. The van der Waals surface area contributed by atoms with Gasteiger partial charge in [0.1, 0.15) is 11.5 Å². The highest BCUT2D eigenvalue weighted by Crippen LogP contribution is 2.39. The molecule has 2 heterocycles. The molecule has 1 aromatic carbocycles.